The molecule has 1 aliphatic carbocycles. The number of benzene rings is 1. The first kappa shape index (κ1) is 16.5. The lowest BCUT2D eigenvalue weighted by molar-refractivity contribution is -0.125. The van der Waals surface area contributed by atoms with Gasteiger partial charge in [-0.05, 0) is 22.8 Å². The van der Waals surface area contributed by atoms with Crippen molar-refractivity contribution >= 4 is 23.0 Å². The van der Waals surface area contributed by atoms with Crippen molar-refractivity contribution in [1.29, 1.82) is 5.26 Å². The number of ether oxygens (including phenoxy) is 1. The predicted octanol–water partition coefficient (Wildman–Crippen LogP) is 3.27. The summed E-state index contributed by atoms with van der Waals surface area (Å²) in [6.45, 7) is 0.513. The SMILES string of the molecule is COC1C=C2C(=CN(CCCl)C(C#N)=C2c2ccccc2)CC1=O. The van der Waals surface area contributed by atoms with Crippen molar-refractivity contribution in [3.63, 3.8) is 0 Å². The maximum Gasteiger partial charge on any atom is 0.169 e. The van der Waals surface area contributed by atoms with Gasteiger partial charge in [0.15, 0.2) is 5.78 Å². The number of nitriles is 1. The van der Waals surface area contributed by atoms with Crippen LogP contribution in [0.4, 0.5) is 0 Å². The van der Waals surface area contributed by atoms with Crippen molar-refractivity contribution in [1.82, 2.24) is 4.90 Å². The number of methoxy groups -OCH3 is 1. The van der Waals surface area contributed by atoms with Gasteiger partial charge in [0, 0.05) is 37.7 Å². The molecule has 1 heterocycles. The van der Waals surface area contributed by atoms with Gasteiger partial charge in [-0.2, -0.15) is 5.26 Å². The number of Topliss-reactive ketones (excluding diaryl/α,β-unsaturated/α-hetero) is 1. The Hall–Kier alpha value is -2.35. The fourth-order valence-corrected chi connectivity index (χ4v) is 3.28. The van der Waals surface area contributed by atoms with Gasteiger partial charge in [0.1, 0.15) is 17.9 Å². The van der Waals surface area contributed by atoms with E-state index in [4.69, 9.17) is 16.3 Å². The Kier molecular flexibility index (Phi) is 4.84. The number of fused-ring (bicyclic) bond motifs is 1. The maximum absolute atomic E-state index is 12.2. The Balaban J connectivity index is 2.21. The number of hydrogen-bond donors (Lipinski definition) is 0. The van der Waals surface area contributed by atoms with Crippen molar-refractivity contribution in [2.24, 2.45) is 0 Å². The highest BCUT2D eigenvalue weighted by atomic mass is 35.5. The summed E-state index contributed by atoms with van der Waals surface area (Å²) < 4.78 is 5.29. The van der Waals surface area contributed by atoms with Crippen molar-refractivity contribution in [2.75, 3.05) is 19.5 Å². The molecule has 0 fully saturated rings. The molecule has 0 bridgehead atoms. The van der Waals surface area contributed by atoms with Crippen LogP contribution >= 0.6 is 11.6 Å². The molecule has 1 aromatic rings. The lowest BCUT2D eigenvalue weighted by atomic mass is 9.81. The number of allylic oxidation sites excluding steroid dienone is 4. The molecule has 122 valence electrons. The van der Waals surface area contributed by atoms with E-state index in [1.165, 1.54) is 7.11 Å². The Labute approximate surface area is 146 Å². The van der Waals surface area contributed by atoms with Crippen LogP contribution in [-0.4, -0.2) is 36.3 Å². The standard InChI is InChI=1S/C19H17ClN2O2/c1-24-18-10-15-14(9-17(18)23)12-22(8-7-20)16(11-21)19(15)13-5-3-2-4-6-13/h2-6,10,12,18H,7-9H2,1H3. The topological polar surface area (TPSA) is 53.3 Å². The second kappa shape index (κ2) is 7.04. The molecule has 3 rings (SSSR count). The number of rotatable bonds is 4. The minimum atomic E-state index is -0.574. The van der Waals surface area contributed by atoms with E-state index in [0.717, 1.165) is 22.3 Å². The summed E-state index contributed by atoms with van der Waals surface area (Å²) in [4.78, 5) is 14.0. The summed E-state index contributed by atoms with van der Waals surface area (Å²) in [5.41, 5.74) is 4.11. The Morgan fingerprint density at radius 2 is 2.12 bits per heavy atom. The van der Waals surface area contributed by atoms with Gasteiger partial charge < -0.3 is 9.64 Å². The molecule has 4 nitrogen and oxygen atoms in total. The van der Waals surface area contributed by atoms with E-state index in [9.17, 15) is 10.1 Å². The zero-order valence-electron chi connectivity index (χ0n) is 13.3. The van der Waals surface area contributed by atoms with Crippen LogP contribution in [0, 0.1) is 11.3 Å². The number of carbonyl (C=O) groups is 1. The van der Waals surface area contributed by atoms with Crippen molar-refractivity contribution < 1.29 is 9.53 Å². The highest BCUT2D eigenvalue weighted by Crippen LogP contribution is 2.40. The summed E-state index contributed by atoms with van der Waals surface area (Å²) in [7, 11) is 1.52. The molecule has 2 aliphatic rings. The third-order valence-corrected chi connectivity index (χ3v) is 4.37. The van der Waals surface area contributed by atoms with Gasteiger partial charge in [-0.15, -0.1) is 11.6 Å². The van der Waals surface area contributed by atoms with E-state index in [1.807, 2.05) is 47.5 Å². The molecule has 0 radical (unpaired) electrons. The quantitative estimate of drug-likeness (QED) is 0.789. The van der Waals surface area contributed by atoms with Crippen molar-refractivity contribution in [3.8, 4) is 6.07 Å². The van der Waals surface area contributed by atoms with Crippen molar-refractivity contribution in [2.45, 2.75) is 12.5 Å². The monoisotopic (exact) mass is 340 g/mol. The van der Waals surface area contributed by atoms with Gasteiger partial charge in [-0.25, -0.2) is 0 Å². The summed E-state index contributed by atoms with van der Waals surface area (Å²) in [6.07, 6.45) is 3.40. The highest BCUT2D eigenvalue weighted by molar-refractivity contribution is 6.18. The molecule has 24 heavy (non-hydrogen) atoms. The largest absolute Gasteiger partial charge is 0.370 e. The molecule has 1 atom stereocenters. The van der Waals surface area contributed by atoms with Crippen LogP contribution in [0.25, 0.3) is 5.57 Å². The molecule has 0 amide bonds. The molecule has 5 heteroatoms. The second-order valence-corrected chi connectivity index (χ2v) is 6.00. The van der Waals surface area contributed by atoms with Crippen LogP contribution < -0.4 is 0 Å². The zero-order valence-corrected chi connectivity index (χ0v) is 14.1. The molecule has 1 aromatic carbocycles. The summed E-state index contributed by atoms with van der Waals surface area (Å²) in [5.74, 6) is 0.413. The third-order valence-electron chi connectivity index (χ3n) is 4.20. The summed E-state index contributed by atoms with van der Waals surface area (Å²) in [5, 5.41) is 9.74. The Morgan fingerprint density at radius 3 is 2.75 bits per heavy atom. The fourth-order valence-electron chi connectivity index (χ4n) is 3.10. The van der Waals surface area contributed by atoms with Crippen molar-refractivity contribution in [3.05, 3.63) is 65.0 Å². The van der Waals surface area contributed by atoms with E-state index in [2.05, 4.69) is 6.07 Å². The van der Waals surface area contributed by atoms with Crippen LogP contribution in [-0.2, 0) is 9.53 Å². The average molecular weight is 341 g/mol. The van der Waals surface area contributed by atoms with Gasteiger partial charge in [0.2, 0.25) is 0 Å². The number of alkyl halides is 1. The maximum atomic E-state index is 12.2. The second-order valence-electron chi connectivity index (χ2n) is 5.62. The molecule has 1 aliphatic heterocycles. The molecular formula is C19H17ClN2O2. The van der Waals surface area contributed by atoms with Crippen LogP contribution in [0.2, 0.25) is 0 Å². The molecular weight excluding hydrogens is 324 g/mol. The minimum Gasteiger partial charge on any atom is -0.370 e. The van der Waals surface area contributed by atoms with E-state index in [-0.39, 0.29) is 12.2 Å². The van der Waals surface area contributed by atoms with E-state index in [1.54, 1.807) is 0 Å². The zero-order chi connectivity index (χ0) is 17.1. The van der Waals surface area contributed by atoms with Gasteiger partial charge in [-0.3, -0.25) is 4.79 Å². The number of carbonyl (C=O) groups excluding carboxylic acids is 1. The first-order valence-corrected chi connectivity index (χ1v) is 8.24. The first-order valence-electron chi connectivity index (χ1n) is 7.70. The van der Waals surface area contributed by atoms with E-state index < -0.39 is 6.10 Å². The molecule has 0 saturated heterocycles. The van der Waals surface area contributed by atoms with E-state index in [0.29, 0.717) is 18.1 Å². The van der Waals surface area contributed by atoms with Gasteiger partial charge in [-0.1, -0.05) is 30.3 Å². The van der Waals surface area contributed by atoms with E-state index >= 15 is 0 Å². The number of nitrogens with zero attached hydrogens (tertiary/aromatic N) is 2. The number of ketones is 1. The van der Waals surface area contributed by atoms with Crippen LogP contribution in [0.5, 0.6) is 0 Å². The number of halogens is 1. The van der Waals surface area contributed by atoms with Crippen LogP contribution in [0.1, 0.15) is 12.0 Å². The number of hydrogen-bond acceptors (Lipinski definition) is 4. The molecule has 1 unspecified atom stereocenters. The molecule has 0 spiro atoms. The summed E-state index contributed by atoms with van der Waals surface area (Å²) in [6, 6.07) is 12.0. The highest BCUT2D eigenvalue weighted by Gasteiger charge is 2.33. The predicted molar refractivity (Wildman–Crippen MR) is 93.0 cm³/mol. The fraction of sp³-hybridized carbons (Fsp3) is 0.263. The summed E-state index contributed by atoms with van der Waals surface area (Å²) >= 11 is 5.90. The lowest BCUT2D eigenvalue weighted by Crippen LogP contribution is -2.31. The Bertz CT molecular complexity index is 787. The molecule has 0 N–H and O–H groups in total. The third kappa shape index (κ3) is 2.89. The smallest absolute Gasteiger partial charge is 0.169 e. The van der Waals surface area contributed by atoms with Gasteiger partial charge in [0.25, 0.3) is 0 Å². The van der Waals surface area contributed by atoms with Crippen LogP contribution in [0.3, 0.4) is 0 Å². The lowest BCUT2D eigenvalue weighted by Gasteiger charge is -2.33. The Morgan fingerprint density at radius 1 is 1.38 bits per heavy atom. The average Bonchev–Trinajstić information content (AvgIpc) is 2.61. The minimum absolute atomic E-state index is 0.0196. The van der Waals surface area contributed by atoms with Gasteiger partial charge >= 0.3 is 0 Å². The molecule has 0 aromatic heterocycles. The van der Waals surface area contributed by atoms with Crippen LogP contribution in [0.15, 0.2) is 59.5 Å². The normalized spacial score (nSPS) is 20.3. The molecule has 0 saturated carbocycles. The first-order chi connectivity index (χ1) is 11.7. The van der Waals surface area contributed by atoms with Gasteiger partial charge in [0.05, 0.1) is 0 Å².